The topological polar surface area (TPSA) is 71.2 Å². The average molecular weight is 717 g/mol. The van der Waals surface area contributed by atoms with Gasteiger partial charge in [0, 0.05) is 40.6 Å². The molecule has 0 aliphatic carbocycles. The lowest BCUT2D eigenvalue weighted by Crippen LogP contribution is -2.22. The minimum Gasteiger partial charge on any atom is -0.360 e. The number of halogens is 1. The molecule has 0 atom stereocenters. The van der Waals surface area contributed by atoms with Crippen molar-refractivity contribution in [2.24, 2.45) is 0 Å². The molecule has 0 amide bonds. The fraction of sp³-hybridized carbons (Fsp3) is 0.618. The molecule has 0 unspecified atom stereocenters. The Morgan fingerprint density at radius 3 is 1.69 bits per heavy atom. The fourth-order valence-corrected chi connectivity index (χ4v) is 7.21. The molecule has 0 spiro atoms. The van der Waals surface area contributed by atoms with Crippen molar-refractivity contribution >= 4 is 45.5 Å². The molecular formula is C34H57BBrN4O3Si2. The molecular weight excluding hydrogens is 659 g/mol. The van der Waals surface area contributed by atoms with Crippen LogP contribution in [0, 0.1) is 0 Å². The molecule has 1 radical (unpaired) electrons. The quantitative estimate of drug-likeness (QED) is 0.0751. The Balaban J connectivity index is 0.000000341. The monoisotopic (exact) mass is 715 g/mol. The SMILES string of the molecule is CCc1nn(COCC[Si](C)(C)C)c(CC)c1-c1ccc(C[B]C=O)cc1.CCc1nn(COCC[Si](C)(C)C)c(CC)c1Br. The normalized spacial score (nSPS) is 11.8. The standard InChI is InChI=1S/C21H32BN2O2Si.C13H25BrN2OSi/c1-6-19-21(18-10-8-17(9-11-18)14-22-15-25)20(7-2)24(23-19)16-26-12-13-27(3,4)5;1-6-11-13(14)12(7-2)16(15-11)10-17-8-9-18(3,4)5/h8-11,15H,6-7,12-14,16H2,1-5H3;6-10H2,1-5H3. The van der Waals surface area contributed by atoms with E-state index >= 15 is 0 Å². The Hall–Kier alpha value is -1.79. The van der Waals surface area contributed by atoms with Gasteiger partial charge in [0.05, 0.1) is 27.7 Å². The summed E-state index contributed by atoms with van der Waals surface area (Å²) < 4.78 is 16.9. The van der Waals surface area contributed by atoms with Crippen molar-refractivity contribution in [3.63, 3.8) is 0 Å². The second-order valence-corrected chi connectivity index (χ2v) is 25.9. The summed E-state index contributed by atoms with van der Waals surface area (Å²) in [6.07, 6.45) is 5.27. The van der Waals surface area contributed by atoms with Crippen LogP contribution in [0.1, 0.15) is 56.0 Å². The molecule has 11 heteroatoms. The summed E-state index contributed by atoms with van der Waals surface area (Å²) in [5, 5.41) is 9.42. The minimum atomic E-state index is -1.08. The van der Waals surface area contributed by atoms with Crippen LogP contribution < -0.4 is 0 Å². The molecule has 2 heterocycles. The number of benzene rings is 1. The van der Waals surface area contributed by atoms with E-state index in [9.17, 15) is 4.79 Å². The zero-order valence-corrected chi connectivity index (χ0v) is 33.2. The number of hydrogen-bond acceptors (Lipinski definition) is 5. The van der Waals surface area contributed by atoms with E-state index < -0.39 is 16.1 Å². The first-order valence-corrected chi connectivity index (χ1v) is 24.8. The predicted octanol–water partition coefficient (Wildman–Crippen LogP) is 8.46. The molecule has 0 aliphatic heterocycles. The molecule has 249 valence electrons. The smallest absolute Gasteiger partial charge is 0.202 e. The van der Waals surface area contributed by atoms with Gasteiger partial charge in [-0.15, -0.1) is 0 Å². The molecule has 7 nitrogen and oxygen atoms in total. The summed E-state index contributed by atoms with van der Waals surface area (Å²) >= 11 is 3.63. The molecule has 0 N–H and O–H groups in total. The van der Waals surface area contributed by atoms with Crippen LogP contribution in [0.3, 0.4) is 0 Å². The van der Waals surface area contributed by atoms with E-state index in [1.165, 1.54) is 34.6 Å². The van der Waals surface area contributed by atoms with E-state index in [0.29, 0.717) is 19.8 Å². The Morgan fingerprint density at radius 1 is 0.756 bits per heavy atom. The summed E-state index contributed by atoms with van der Waals surface area (Å²) in [5.41, 5.74) is 8.27. The average Bonchev–Trinajstić information content (AvgIpc) is 3.51. The number of aryl methyl sites for hydroxylation is 2. The van der Waals surface area contributed by atoms with Crippen LogP contribution in [-0.2, 0) is 59.7 Å². The number of nitrogens with zero attached hydrogens (tertiary/aromatic N) is 4. The van der Waals surface area contributed by atoms with Gasteiger partial charge in [0.25, 0.3) is 0 Å². The van der Waals surface area contributed by atoms with Gasteiger partial charge >= 0.3 is 0 Å². The maximum absolute atomic E-state index is 10.5. The van der Waals surface area contributed by atoms with Gasteiger partial charge in [-0.1, -0.05) is 96.8 Å². The fourth-order valence-electron chi connectivity index (χ4n) is 4.85. The summed E-state index contributed by atoms with van der Waals surface area (Å²) in [6, 6.07) is 10.8. The molecule has 2 aromatic heterocycles. The number of rotatable bonds is 18. The molecule has 3 aromatic rings. The van der Waals surface area contributed by atoms with Crippen molar-refractivity contribution in [2.75, 3.05) is 13.2 Å². The van der Waals surface area contributed by atoms with E-state index in [1.54, 1.807) is 7.28 Å². The lowest BCUT2D eigenvalue weighted by molar-refractivity contribution is 0.0762. The highest BCUT2D eigenvalue weighted by atomic mass is 79.9. The predicted molar refractivity (Wildman–Crippen MR) is 200 cm³/mol. The van der Waals surface area contributed by atoms with Crippen molar-refractivity contribution in [1.82, 2.24) is 19.6 Å². The summed E-state index contributed by atoms with van der Waals surface area (Å²) in [6.45, 7) is 25.6. The van der Waals surface area contributed by atoms with Crippen LogP contribution in [0.4, 0.5) is 0 Å². The van der Waals surface area contributed by atoms with E-state index in [1.807, 2.05) is 9.36 Å². The first-order valence-electron chi connectivity index (χ1n) is 16.6. The maximum atomic E-state index is 10.5. The number of aromatic nitrogens is 4. The van der Waals surface area contributed by atoms with Crippen molar-refractivity contribution in [3.05, 3.63) is 57.1 Å². The van der Waals surface area contributed by atoms with Crippen molar-refractivity contribution in [1.29, 1.82) is 0 Å². The third kappa shape index (κ3) is 13.1. The lowest BCUT2D eigenvalue weighted by atomic mass is 9.74. The Labute approximate surface area is 284 Å². The van der Waals surface area contributed by atoms with Crippen molar-refractivity contribution < 1.29 is 14.3 Å². The van der Waals surface area contributed by atoms with Crippen LogP contribution in [0.2, 0.25) is 51.4 Å². The van der Waals surface area contributed by atoms with Gasteiger partial charge in [0.2, 0.25) is 7.28 Å². The van der Waals surface area contributed by atoms with Gasteiger partial charge < -0.3 is 14.3 Å². The summed E-state index contributed by atoms with van der Waals surface area (Å²) in [4.78, 5) is 10.5. The Kier molecular flexibility index (Phi) is 16.7. The number of ether oxygens (including phenoxy) is 2. The zero-order chi connectivity index (χ0) is 33.6. The zero-order valence-electron chi connectivity index (χ0n) is 29.6. The van der Waals surface area contributed by atoms with E-state index in [4.69, 9.17) is 14.6 Å². The van der Waals surface area contributed by atoms with Crippen LogP contribution in [0.5, 0.6) is 0 Å². The van der Waals surface area contributed by atoms with Crippen LogP contribution in [-0.4, -0.2) is 62.4 Å². The van der Waals surface area contributed by atoms with Gasteiger partial charge in [-0.25, -0.2) is 9.36 Å². The van der Waals surface area contributed by atoms with E-state index in [2.05, 4.69) is 112 Å². The van der Waals surface area contributed by atoms with Gasteiger partial charge in [-0.2, -0.15) is 10.2 Å². The van der Waals surface area contributed by atoms with Crippen molar-refractivity contribution in [3.8, 4) is 11.1 Å². The molecule has 3 rings (SSSR count). The van der Waals surface area contributed by atoms with Gasteiger partial charge in [-0.3, -0.25) is 0 Å². The maximum Gasteiger partial charge on any atom is 0.202 e. The highest BCUT2D eigenvalue weighted by Gasteiger charge is 2.18. The Bertz CT molecular complexity index is 1310. The Morgan fingerprint density at radius 2 is 1.24 bits per heavy atom. The molecule has 1 aromatic carbocycles. The summed E-state index contributed by atoms with van der Waals surface area (Å²) in [5.74, 6) is 0. The minimum absolute atomic E-state index is 0.521. The lowest BCUT2D eigenvalue weighted by Gasteiger charge is -2.16. The summed E-state index contributed by atoms with van der Waals surface area (Å²) in [7, 11) is -0.432. The van der Waals surface area contributed by atoms with Gasteiger partial charge in [0.1, 0.15) is 13.5 Å². The van der Waals surface area contributed by atoms with Gasteiger partial charge in [0.15, 0.2) is 0 Å². The molecule has 0 bridgehead atoms. The highest BCUT2D eigenvalue weighted by Crippen LogP contribution is 2.29. The number of carbonyl (C=O) groups excluding carboxylic acids is 1. The number of carbonyl (C=O) groups is 1. The third-order valence-electron chi connectivity index (χ3n) is 7.64. The van der Waals surface area contributed by atoms with E-state index in [0.717, 1.165) is 66.5 Å². The van der Waals surface area contributed by atoms with E-state index in [-0.39, 0.29) is 0 Å². The largest absolute Gasteiger partial charge is 0.360 e. The molecule has 0 fully saturated rings. The second-order valence-electron chi connectivity index (χ2n) is 13.9. The van der Waals surface area contributed by atoms with Crippen LogP contribution in [0.15, 0.2) is 28.7 Å². The van der Waals surface area contributed by atoms with Gasteiger partial charge in [-0.05, 0) is 65.6 Å². The molecule has 0 saturated heterocycles. The highest BCUT2D eigenvalue weighted by molar-refractivity contribution is 9.10. The third-order valence-corrected chi connectivity index (χ3v) is 12.0. The first kappa shape index (κ1) is 39.4. The molecule has 0 aliphatic rings. The van der Waals surface area contributed by atoms with Crippen molar-refractivity contribution in [2.45, 2.75) is 125 Å². The molecule has 45 heavy (non-hydrogen) atoms. The first-order chi connectivity index (χ1) is 21.3. The second kappa shape index (κ2) is 19.1. The van der Waals surface area contributed by atoms with Crippen LogP contribution in [0.25, 0.3) is 11.1 Å². The molecule has 0 saturated carbocycles. The number of hydrogen-bond donors (Lipinski definition) is 0. The van der Waals surface area contributed by atoms with Crippen LogP contribution >= 0.6 is 15.9 Å².